The molecule has 19 heavy (non-hydrogen) atoms. The lowest BCUT2D eigenvalue weighted by Gasteiger charge is -2.35. The van der Waals surface area contributed by atoms with Gasteiger partial charge in [-0.25, -0.2) is 4.98 Å². The van der Waals surface area contributed by atoms with Crippen LogP contribution in [0.4, 0.5) is 5.82 Å². The van der Waals surface area contributed by atoms with Crippen molar-refractivity contribution in [3.8, 4) is 0 Å². The molecule has 0 amide bonds. The molecule has 1 aromatic rings. The number of anilines is 1. The summed E-state index contributed by atoms with van der Waals surface area (Å²) in [4.78, 5) is 6.81. The summed E-state index contributed by atoms with van der Waals surface area (Å²) in [5.41, 5.74) is 7.38. The lowest BCUT2D eigenvalue weighted by molar-refractivity contribution is 0.340. The molecule has 1 heterocycles. The topological polar surface area (TPSA) is 66.0 Å². The van der Waals surface area contributed by atoms with E-state index in [1.165, 1.54) is 25.7 Å². The SMILES string of the molecule is Cc1ccc(C(=N)N)c(N(C)C2CCC(C)CC2)n1. The van der Waals surface area contributed by atoms with Crippen LogP contribution in [0, 0.1) is 18.3 Å². The molecule has 4 heteroatoms. The van der Waals surface area contributed by atoms with Gasteiger partial charge in [-0.3, -0.25) is 5.41 Å². The van der Waals surface area contributed by atoms with E-state index in [2.05, 4.69) is 23.9 Å². The monoisotopic (exact) mass is 260 g/mol. The van der Waals surface area contributed by atoms with E-state index >= 15 is 0 Å². The van der Waals surface area contributed by atoms with E-state index in [1.54, 1.807) is 0 Å². The Balaban J connectivity index is 2.25. The van der Waals surface area contributed by atoms with Crippen LogP contribution in [0.3, 0.4) is 0 Å². The third-order valence-electron chi connectivity index (χ3n) is 4.17. The maximum Gasteiger partial charge on any atom is 0.139 e. The van der Waals surface area contributed by atoms with E-state index in [0.29, 0.717) is 6.04 Å². The number of hydrogen-bond acceptors (Lipinski definition) is 3. The predicted molar refractivity (Wildman–Crippen MR) is 79.8 cm³/mol. The summed E-state index contributed by atoms with van der Waals surface area (Å²) in [7, 11) is 2.08. The molecule has 0 unspecified atom stereocenters. The van der Waals surface area contributed by atoms with Crippen LogP contribution in [0.1, 0.15) is 43.9 Å². The van der Waals surface area contributed by atoms with Gasteiger partial charge in [0.2, 0.25) is 0 Å². The molecule has 1 aliphatic rings. The number of nitrogen functional groups attached to an aromatic ring is 1. The Hall–Kier alpha value is -1.58. The first kappa shape index (κ1) is 13.8. The molecule has 0 atom stereocenters. The Morgan fingerprint density at radius 3 is 2.53 bits per heavy atom. The predicted octanol–water partition coefficient (Wildman–Crippen LogP) is 2.69. The number of aryl methyl sites for hydroxylation is 1. The molecule has 0 bridgehead atoms. The van der Waals surface area contributed by atoms with E-state index in [1.807, 2.05) is 19.1 Å². The summed E-state index contributed by atoms with van der Waals surface area (Å²) in [5, 5.41) is 7.70. The van der Waals surface area contributed by atoms with Crippen molar-refractivity contribution < 1.29 is 0 Å². The van der Waals surface area contributed by atoms with Gasteiger partial charge in [-0.05, 0) is 50.7 Å². The summed E-state index contributed by atoms with van der Waals surface area (Å²) >= 11 is 0. The first-order valence-electron chi connectivity index (χ1n) is 7.04. The second-order valence-electron chi connectivity index (χ2n) is 5.76. The first-order valence-corrected chi connectivity index (χ1v) is 7.04. The molecule has 0 aromatic carbocycles. The highest BCUT2D eigenvalue weighted by molar-refractivity contribution is 5.99. The number of hydrogen-bond donors (Lipinski definition) is 2. The number of amidine groups is 1. The fourth-order valence-electron chi connectivity index (χ4n) is 2.82. The van der Waals surface area contributed by atoms with Crippen LogP contribution in [0.5, 0.6) is 0 Å². The zero-order valence-electron chi connectivity index (χ0n) is 12.1. The van der Waals surface area contributed by atoms with E-state index in [-0.39, 0.29) is 5.84 Å². The Bertz CT molecular complexity index is 461. The van der Waals surface area contributed by atoms with Crippen LogP contribution >= 0.6 is 0 Å². The van der Waals surface area contributed by atoms with Gasteiger partial charge in [0.05, 0.1) is 5.56 Å². The largest absolute Gasteiger partial charge is 0.384 e. The Morgan fingerprint density at radius 2 is 1.95 bits per heavy atom. The lowest BCUT2D eigenvalue weighted by atomic mass is 9.86. The van der Waals surface area contributed by atoms with Gasteiger partial charge in [0.15, 0.2) is 0 Å². The molecule has 0 spiro atoms. The van der Waals surface area contributed by atoms with E-state index in [4.69, 9.17) is 11.1 Å². The van der Waals surface area contributed by atoms with Crippen molar-refractivity contribution in [3.05, 3.63) is 23.4 Å². The summed E-state index contributed by atoms with van der Waals surface area (Å²) in [6.07, 6.45) is 4.95. The Kier molecular flexibility index (Phi) is 4.08. The van der Waals surface area contributed by atoms with Crippen molar-refractivity contribution in [1.82, 2.24) is 4.98 Å². The summed E-state index contributed by atoms with van der Waals surface area (Å²) in [6, 6.07) is 4.34. The molecular formula is C15H24N4. The van der Waals surface area contributed by atoms with Gasteiger partial charge < -0.3 is 10.6 Å². The van der Waals surface area contributed by atoms with Gasteiger partial charge >= 0.3 is 0 Å². The van der Waals surface area contributed by atoms with Gasteiger partial charge in [-0.15, -0.1) is 0 Å². The van der Waals surface area contributed by atoms with Crippen LogP contribution in [0.2, 0.25) is 0 Å². The van der Waals surface area contributed by atoms with Crippen LogP contribution in [-0.4, -0.2) is 23.9 Å². The highest BCUT2D eigenvalue weighted by Crippen LogP contribution is 2.30. The standard InChI is InChI=1S/C15H24N4/c1-10-4-7-12(8-5-10)19(3)15-13(14(16)17)9-6-11(2)18-15/h6,9-10,12H,4-5,7-8H2,1-3H3,(H3,16,17). The first-order chi connectivity index (χ1) is 8.99. The van der Waals surface area contributed by atoms with Crippen molar-refractivity contribution in [2.24, 2.45) is 11.7 Å². The summed E-state index contributed by atoms with van der Waals surface area (Å²) in [6.45, 7) is 4.30. The van der Waals surface area contributed by atoms with Crippen molar-refractivity contribution in [2.45, 2.75) is 45.6 Å². The van der Waals surface area contributed by atoms with Crippen molar-refractivity contribution in [3.63, 3.8) is 0 Å². The number of nitrogens with one attached hydrogen (secondary N) is 1. The van der Waals surface area contributed by atoms with Crippen LogP contribution in [-0.2, 0) is 0 Å². The third-order valence-corrected chi connectivity index (χ3v) is 4.17. The Morgan fingerprint density at radius 1 is 1.32 bits per heavy atom. The van der Waals surface area contributed by atoms with Crippen LogP contribution < -0.4 is 10.6 Å². The van der Waals surface area contributed by atoms with Gasteiger partial charge in [0.25, 0.3) is 0 Å². The molecule has 0 radical (unpaired) electrons. The molecule has 0 saturated heterocycles. The highest BCUT2D eigenvalue weighted by Gasteiger charge is 2.24. The van der Waals surface area contributed by atoms with Gasteiger partial charge in [0, 0.05) is 18.8 Å². The van der Waals surface area contributed by atoms with Gasteiger partial charge in [0.1, 0.15) is 11.7 Å². The minimum Gasteiger partial charge on any atom is -0.384 e. The quantitative estimate of drug-likeness (QED) is 0.648. The normalized spacial score (nSPS) is 23.1. The number of pyridine rings is 1. The van der Waals surface area contributed by atoms with Crippen LogP contribution in [0.15, 0.2) is 12.1 Å². The minimum absolute atomic E-state index is 0.0959. The second-order valence-corrected chi connectivity index (χ2v) is 5.76. The minimum atomic E-state index is 0.0959. The zero-order chi connectivity index (χ0) is 14.0. The molecular weight excluding hydrogens is 236 g/mol. The fourth-order valence-corrected chi connectivity index (χ4v) is 2.82. The van der Waals surface area contributed by atoms with E-state index < -0.39 is 0 Å². The molecule has 2 rings (SSSR count). The number of aromatic nitrogens is 1. The maximum atomic E-state index is 7.70. The van der Waals surface area contributed by atoms with Crippen molar-refractivity contribution >= 4 is 11.7 Å². The fraction of sp³-hybridized carbons (Fsp3) is 0.600. The molecule has 4 nitrogen and oxygen atoms in total. The molecule has 3 N–H and O–H groups in total. The number of rotatable bonds is 3. The molecule has 1 aliphatic carbocycles. The lowest BCUT2D eigenvalue weighted by Crippen LogP contribution is -2.36. The van der Waals surface area contributed by atoms with Crippen molar-refractivity contribution in [2.75, 3.05) is 11.9 Å². The number of nitrogens with two attached hydrogens (primary N) is 1. The van der Waals surface area contributed by atoms with Crippen molar-refractivity contribution in [1.29, 1.82) is 5.41 Å². The van der Waals surface area contributed by atoms with Crippen LogP contribution in [0.25, 0.3) is 0 Å². The highest BCUT2D eigenvalue weighted by atomic mass is 15.2. The molecule has 0 aliphatic heterocycles. The van der Waals surface area contributed by atoms with Gasteiger partial charge in [-0.1, -0.05) is 6.92 Å². The summed E-state index contributed by atoms with van der Waals surface area (Å²) in [5.74, 6) is 1.79. The Labute approximate surface area is 115 Å². The molecule has 1 aromatic heterocycles. The second kappa shape index (κ2) is 5.59. The summed E-state index contributed by atoms with van der Waals surface area (Å²) < 4.78 is 0. The zero-order valence-corrected chi connectivity index (χ0v) is 12.1. The molecule has 1 saturated carbocycles. The molecule has 1 fully saturated rings. The third kappa shape index (κ3) is 3.06. The average molecular weight is 260 g/mol. The average Bonchev–Trinajstić information content (AvgIpc) is 2.38. The maximum absolute atomic E-state index is 7.70. The van der Waals surface area contributed by atoms with E-state index in [9.17, 15) is 0 Å². The van der Waals surface area contributed by atoms with E-state index in [0.717, 1.165) is 23.0 Å². The van der Waals surface area contributed by atoms with Gasteiger partial charge in [-0.2, -0.15) is 0 Å². The smallest absolute Gasteiger partial charge is 0.139 e. The number of nitrogens with zero attached hydrogens (tertiary/aromatic N) is 2. The molecule has 104 valence electrons.